The number of aromatic amines is 1. The van der Waals surface area contributed by atoms with Gasteiger partial charge >= 0.3 is 11.1 Å². The van der Waals surface area contributed by atoms with Crippen LogP contribution in [0.25, 0.3) is 11.2 Å². The van der Waals surface area contributed by atoms with Crippen molar-refractivity contribution in [1.29, 1.82) is 0 Å². The zero-order chi connectivity index (χ0) is 11.2. The van der Waals surface area contributed by atoms with Crippen molar-refractivity contribution in [1.82, 2.24) is 19.7 Å². The number of fused-ring (bicyclic) bond motifs is 1. The van der Waals surface area contributed by atoms with Crippen molar-refractivity contribution in [2.24, 2.45) is 0 Å². The highest BCUT2D eigenvalue weighted by atomic mass is 35.5. The number of aromatic nitrogens is 4. The topological polar surface area (TPSA) is 101 Å². The molecule has 0 spiro atoms. The number of halogens is 2. The van der Waals surface area contributed by atoms with E-state index in [4.69, 9.17) is 23.2 Å². The molecule has 0 unspecified atom stereocenters. The summed E-state index contributed by atoms with van der Waals surface area (Å²) in [7, 11) is 0. The van der Waals surface area contributed by atoms with E-state index in [2.05, 4.69) is 15.0 Å². The molecule has 0 bridgehead atoms. The van der Waals surface area contributed by atoms with Gasteiger partial charge in [0.1, 0.15) is 0 Å². The summed E-state index contributed by atoms with van der Waals surface area (Å²) in [6, 6.07) is 0. The van der Waals surface area contributed by atoms with E-state index < -0.39 is 11.1 Å². The molecule has 2 heterocycles. The lowest BCUT2D eigenvalue weighted by Gasteiger charge is -2.02. The van der Waals surface area contributed by atoms with E-state index in [1.807, 2.05) is 0 Å². The second-order valence-corrected chi connectivity index (χ2v) is 3.25. The molecular formula is C6H2Cl2N4O3. The van der Waals surface area contributed by atoms with Crippen molar-refractivity contribution >= 4 is 34.4 Å². The van der Waals surface area contributed by atoms with E-state index in [0.29, 0.717) is 0 Å². The standard InChI is InChI=1S/C6H2Cl2N4O3/c7-2-1-3(11-6(8)9-2)10-4(13)5(14)12(1)15/h15H,(H,9,10,11,13). The molecule has 0 saturated heterocycles. The number of nitrogens with one attached hydrogen (secondary N) is 1. The molecule has 9 heteroatoms. The Morgan fingerprint density at radius 3 is 2.60 bits per heavy atom. The van der Waals surface area contributed by atoms with Gasteiger partial charge in [-0.3, -0.25) is 9.59 Å². The third-order valence-corrected chi connectivity index (χ3v) is 2.08. The van der Waals surface area contributed by atoms with Crippen LogP contribution in [0.4, 0.5) is 0 Å². The largest absolute Gasteiger partial charge is 0.424 e. The van der Waals surface area contributed by atoms with Crippen LogP contribution in [0.15, 0.2) is 9.59 Å². The predicted molar refractivity (Wildman–Crippen MR) is 51.6 cm³/mol. The Morgan fingerprint density at radius 1 is 1.27 bits per heavy atom. The van der Waals surface area contributed by atoms with Gasteiger partial charge in [-0.25, -0.2) is 4.98 Å². The molecule has 0 fully saturated rings. The fourth-order valence-electron chi connectivity index (χ4n) is 1.04. The average molecular weight is 249 g/mol. The summed E-state index contributed by atoms with van der Waals surface area (Å²) >= 11 is 11.1. The summed E-state index contributed by atoms with van der Waals surface area (Å²) in [6.07, 6.45) is 0. The van der Waals surface area contributed by atoms with Gasteiger partial charge in [0.2, 0.25) is 5.28 Å². The quantitative estimate of drug-likeness (QED) is 0.296. The molecule has 0 aliphatic rings. The van der Waals surface area contributed by atoms with Crippen molar-refractivity contribution in [2.45, 2.75) is 0 Å². The monoisotopic (exact) mass is 248 g/mol. The van der Waals surface area contributed by atoms with Crippen LogP contribution in [-0.4, -0.2) is 24.9 Å². The maximum Gasteiger partial charge on any atom is 0.349 e. The minimum absolute atomic E-state index is 0.0762. The van der Waals surface area contributed by atoms with Gasteiger partial charge in [0.05, 0.1) is 0 Å². The average Bonchev–Trinajstić information content (AvgIpc) is 2.13. The van der Waals surface area contributed by atoms with Crippen LogP contribution in [-0.2, 0) is 0 Å². The molecule has 0 radical (unpaired) electrons. The van der Waals surface area contributed by atoms with Gasteiger partial charge < -0.3 is 10.2 Å². The fraction of sp³-hybridized carbons (Fsp3) is 0. The summed E-state index contributed by atoms with van der Waals surface area (Å²) in [6.45, 7) is 0. The lowest BCUT2D eigenvalue weighted by atomic mass is 10.5. The van der Waals surface area contributed by atoms with Crippen molar-refractivity contribution in [2.75, 3.05) is 0 Å². The van der Waals surface area contributed by atoms with Crippen LogP contribution in [0.2, 0.25) is 10.4 Å². The van der Waals surface area contributed by atoms with Gasteiger partial charge in [0, 0.05) is 0 Å². The number of nitrogens with zero attached hydrogens (tertiary/aromatic N) is 3. The predicted octanol–water partition coefficient (Wildman–Crippen LogP) is 0.0239. The van der Waals surface area contributed by atoms with Gasteiger partial charge in [-0.2, -0.15) is 4.98 Å². The highest BCUT2D eigenvalue weighted by Crippen LogP contribution is 2.17. The van der Waals surface area contributed by atoms with Gasteiger partial charge in [-0.15, -0.1) is 4.73 Å². The molecule has 7 nitrogen and oxygen atoms in total. The molecule has 0 saturated carbocycles. The summed E-state index contributed by atoms with van der Waals surface area (Å²) in [5.74, 6) is 0. The maximum absolute atomic E-state index is 11.0. The zero-order valence-corrected chi connectivity index (χ0v) is 8.37. The minimum atomic E-state index is -1.17. The van der Waals surface area contributed by atoms with Crippen LogP contribution in [0.5, 0.6) is 0 Å². The molecule has 0 aliphatic heterocycles. The molecule has 2 aromatic rings. The molecule has 0 aliphatic carbocycles. The van der Waals surface area contributed by atoms with Crippen LogP contribution in [0.1, 0.15) is 0 Å². The minimum Gasteiger partial charge on any atom is -0.424 e. The van der Waals surface area contributed by atoms with Gasteiger partial charge in [0.15, 0.2) is 16.3 Å². The second kappa shape index (κ2) is 3.21. The normalized spacial score (nSPS) is 10.8. The fourth-order valence-corrected chi connectivity index (χ4v) is 1.50. The van der Waals surface area contributed by atoms with Crippen molar-refractivity contribution in [3.05, 3.63) is 31.1 Å². The van der Waals surface area contributed by atoms with Crippen molar-refractivity contribution < 1.29 is 5.21 Å². The second-order valence-electron chi connectivity index (χ2n) is 2.55. The third-order valence-electron chi connectivity index (χ3n) is 1.64. The van der Waals surface area contributed by atoms with E-state index in [9.17, 15) is 14.8 Å². The summed E-state index contributed by atoms with van der Waals surface area (Å²) in [5.41, 5.74) is -2.52. The van der Waals surface area contributed by atoms with Gasteiger partial charge in [-0.1, -0.05) is 11.6 Å². The van der Waals surface area contributed by atoms with Crippen LogP contribution < -0.4 is 11.1 Å². The Bertz CT molecular complexity index is 662. The highest BCUT2D eigenvalue weighted by molar-refractivity contribution is 6.35. The molecule has 2 rings (SSSR count). The summed E-state index contributed by atoms with van der Waals surface area (Å²) in [4.78, 5) is 31.2. The number of hydrogen-bond acceptors (Lipinski definition) is 5. The molecule has 0 atom stereocenters. The first-order valence-electron chi connectivity index (χ1n) is 3.58. The molecule has 0 amide bonds. The Labute approximate surface area is 90.9 Å². The Kier molecular flexibility index (Phi) is 2.13. The molecular weight excluding hydrogens is 247 g/mol. The Hall–Kier alpha value is -1.60. The van der Waals surface area contributed by atoms with Crippen LogP contribution in [0.3, 0.4) is 0 Å². The van der Waals surface area contributed by atoms with E-state index in [1.165, 1.54) is 0 Å². The zero-order valence-electron chi connectivity index (χ0n) is 6.86. The van der Waals surface area contributed by atoms with Gasteiger partial charge in [0.25, 0.3) is 0 Å². The Balaban J connectivity index is 3.13. The van der Waals surface area contributed by atoms with Crippen molar-refractivity contribution in [3.8, 4) is 0 Å². The lowest BCUT2D eigenvalue weighted by molar-refractivity contribution is 0.186. The number of hydrogen-bond donors (Lipinski definition) is 2. The number of H-pyrrole nitrogens is 1. The molecule has 2 aromatic heterocycles. The van der Waals surface area contributed by atoms with Crippen LogP contribution >= 0.6 is 23.2 Å². The molecule has 15 heavy (non-hydrogen) atoms. The third kappa shape index (κ3) is 1.45. The SMILES string of the molecule is O=c1[nH]c2nc(Cl)nc(Cl)c2n(O)c1=O. The highest BCUT2D eigenvalue weighted by Gasteiger charge is 2.13. The number of rotatable bonds is 0. The van der Waals surface area contributed by atoms with E-state index in [-0.39, 0.29) is 26.3 Å². The first-order chi connectivity index (χ1) is 7.00. The molecule has 78 valence electrons. The van der Waals surface area contributed by atoms with Gasteiger partial charge in [-0.05, 0) is 11.6 Å². The van der Waals surface area contributed by atoms with Crippen molar-refractivity contribution in [3.63, 3.8) is 0 Å². The smallest absolute Gasteiger partial charge is 0.349 e. The maximum atomic E-state index is 11.0. The lowest BCUT2D eigenvalue weighted by Crippen LogP contribution is -2.35. The molecule has 0 aromatic carbocycles. The Morgan fingerprint density at radius 2 is 1.93 bits per heavy atom. The summed E-state index contributed by atoms with van der Waals surface area (Å²) < 4.78 is 0.0762. The molecule has 2 N–H and O–H groups in total. The first-order valence-corrected chi connectivity index (χ1v) is 4.33. The van der Waals surface area contributed by atoms with E-state index in [1.54, 1.807) is 0 Å². The summed E-state index contributed by atoms with van der Waals surface area (Å²) in [5, 5.41) is 8.85. The van der Waals surface area contributed by atoms with E-state index >= 15 is 0 Å². The van der Waals surface area contributed by atoms with Crippen LogP contribution in [0, 0.1) is 0 Å². The van der Waals surface area contributed by atoms with E-state index in [0.717, 1.165) is 0 Å². The first kappa shape index (κ1) is 9.94.